The van der Waals surface area contributed by atoms with Crippen molar-refractivity contribution >= 4 is 17.0 Å². The lowest BCUT2D eigenvalue weighted by Crippen LogP contribution is -2.08. The van der Waals surface area contributed by atoms with Crippen LogP contribution in [0.2, 0.25) is 0 Å². The summed E-state index contributed by atoms with van der Waals surface area (Å²) in [6, 6.07) is 12.0. The zero-order valence-electron chi connectivity index (χ0n) is 14.1. The molecule has 4 rings (SSSR count). The van der Waals surface area contributed by atoms with Gasteiger partial charge in [-0.2, -0.15) is 0 Å². The van der Waals surface area contributed by atoms with E-state index >= 15 is 0 Å². The molecule has 128 valence electrons. The van der Waals surface area contributed by atoms with E-state index in [0.29, 0.717) is 22.7 Å². The number of benzene rings is 2. The molecule has 0 saturated carbocycles. The largest absolute Gasteiger partial charge is 0.423 e. The van der Waals surface area contributed by atoms with Crippen LogP contribution in [-0.4, -0.2) is 26.1 Å². The van der Waals surface area contributed by atoms with Gasteiger partial charge in [0.05, 0.1) is 28.0 Å². The van der Waals surface area contributed by atoms with Gasteiger partial charge in [-0.05, 0) is 56.3 Å². The minimum Gasteiger partial charge on any atom is -0.423 e. The normalized spacial score (nSPS) is 10.8. The molecule has 2 aromatic heterocycles. The highest BCUT2D eigenvalue weighted by Gasteiger charge is 2.12. The second-order valence-electron chi connectivity index (χ2n) is 5.76. The van der Waals surface area contributed by atoms with Gasteiger partial charge in [0.2, 0.25) is 12.3 Å². The molecule has 0 N–H and O–H groups in total. The fourth-order valence-electron chi connectivity index (χ4n) is 2.49. The highest BCUT2D eigenvalue weighted by Crippen LogP contribution is 2.21. The lowest BCUT2D eigenvalue weighted by molar-refractivity contribution is 0.0735. The highest BCUT2D eigenvalue weighted by atomic mass is 16.5. The first kappa shape index (κ1) is 15.9. The number of carbonyl (C=O) groups is 1. The molecule has 0 radical (unpaired) electrons. The summed E-state index contributed by atoms with van der Waals surface area (Å²) in [5, 5.41) is 7.46. The van der Waals surface area contributed by atoms with Crippen molar-refractivity contribution in [1.29, 1.82) is 0 Å². The van der Waals surface area contributed by atoms with Gasteiger partial charge in [-0.3, -0.25) is 0 Å². The number of carbonyl (C=O) groups excluding carboxylic acids is 1. The first-order chi connectivity index (χ1) is 12.6. The van der Waals surface area contributed by atoms with Gasteiger partial charge in [0.25, 0.3) is 0 Å². The molecule has 4 aromatic rings. The molecule has 0 spiro atoms. The van der Waals surface area contributed by atoms with E-state index in [4.69, 9.17) is 9.15 Å². The third-order valence-electron chi connectivity index (χ3n) is 3.98. The monoisotopic (exact) mass is 346 g/mol. The van der Waals surface area contributed by atoms with Crippen molar-refractivity contribution in [3.63, 3.8) is 0 Å². The molecule has 0 unspecified atom stereocenters. The van der Waals surface area contributed by atoms with Crippen molar-refractivity contribution in [2.75, 3.05) is 0 Å². The van der Waals surface area contributed by atoms with Crippen molar-refractivity contribution in [1.82, 2.24) is 20.2 Å². The smallest absolute Gasteiger partial charge is 0.343 e. The maximum absolute atomic E-state index is 12.4. The standard InChI is InChI=1S/C19H14N4O3/c1-11-12(2)22-17-9-14(5-8-16(17)21-11)19(24)26-15-6-3-13(4-7-15)18-23-20-10-25-18/h3-10H,1-2H3. The number of fused-ring (bicyclic) bond motifs is 1. The van der Waals surface area contributed by atoms with E-state index in [-0.39, 0.29) is 0 Å². The number of nitrogens with zero attached hydrogens (tertiary/aromatic N) is 4. The Morgan fingerprint density at radius 2 is 1.69 bits per heavy atom. The molecule has 0 fully saturated rings. The fraction of sp³-hybridized carbons (Fsp3) is 0.105. The maximum Gasteiger partial charge on any atom is 0.343 e. The van der Waals surface area contributed by atoms with Crippen molar-refractivity contribution < 1.29 is 13.9 Å². The van der Waals surface area contributed by atoms with Crippen LogP contribution in [0.5, 0.6) is 5.75 Å². The van der Waals surface area contributed by atoms with Crippen LogP contribution in [0, 0.1) is 13.8 Å². The molecule has 0 aliphatic carbocycles. The molecule has 0 aliphatic heterocycles. The molecule has 0 atom stereocenters. The molecule has 2 aromatic carbocycles. The van der Waals surface area contributed by atoms with Gasteiger partial charge in [0, 0.05) is 5.56 Å². The van der Waals surface area contributed by atoms with Gasteiger partial charge in [-0.1, -0.05) is 0 Å². The third kappa shape index (κ3) is 3.02. The van der Waals surface area contributed by atoms with E-state index in [1.165, 1.54) is 6.39 Å². The van der Waals surface area contributed by atoms with Gasteiger partial charge >= 0.3 is 5.97 Å². The van der Waals surface area contributed by atoms with Crippen molar-refractivity contribution in [3.05, 3.63) is 65.8 Å². The number of aryl methyl sites for hydroxylation is 2. The summed E-state index contributed by atoms with van der Waals surface area (Å²) in [4.78, 5) is 21.3. The fourth-order valence-corrected chi connectivity index (χ4v) is 2.49. The number of hydrogen-bond acceptors (Lipinski definition) is 7. The molecule has 7 heteroatoms. The molecule has 0 bridgehead atoms. The lowest BCUT2D eigenvalue weighted by atomic mass is 10.2. The molecule has 7 nitrogen and oxygen atoms in total. The van der Waals surface area contributed by atoms with Crippen molar-refractivity contribution in [2.24, 2.45) is 0 Å². The Hall–Kier alpha value is -3.61. The second kappa shape index (κ2) is 6.36. The zero-order chi connectivity index (χ0) is 18.1. The number of esters is 1. The van der Waals surface area contributed by atoms with Gasteiger partial charge in [0.1, 0.15) is 5.75 Å². The Kier molecular flexibility index (Phi) is 3.89. The van der Waals surface area contributed by atoms with Crippen LogP contribution >= 0.6 is 0 Å². The molecule has 2 heterocycles. The van der Waals surface area contributed by atoms with E-state index in [0.717, 1.165) is 22.5 Å². The van der Waals surface area contributed by atoms with Crippen LogP contribution in [0.4, 0.5) is 0 Å². The molecular formula is C19H14N4O3. The van der Waals surface area contributed by atoms with Gasteiger partial charge in [-0.25, -0.2) is 14.8 Å². The Morgan fingerprint density at radius 1 is 0.962 bits per heavy atom. The van der Waals surface area contributed by atoms with E-state index in [2.05, 4.69) is 20.2 Å². The highest BCUT2D eigenvalue weighted by molar-refractivity contribution is 5.94. The first-order valence-electron chi connectivity index (χ1n) is 7.94. The maximum atomic E-state index is 12.4. The average molecular weight is 346 g/mol. The number of rotatable bonds is 3. The van der Waals surface area contributed by atoms with Crippen molar-refractivity contribution in [2.45, 2.75) is 13.8 Å². The summed E-state index contributed by atoms with van der Waals surface area (Å²) in [5.74, 6) is 0.364. The minimum atomic E-state index is -0.461. The molecule has 0 aliphatic rings. The van der Waals surface area contributed by atoms with Crippen LogP contribution in [0.1, 0.15) is 21.7 Å². The Bertz CT molecular complexity index is 1090. The summed E-state index contributed by atoms with van der Waals surface area (Å²) in [6.45, 7) is 3.79. The van der Waals surface area contributed by atoms with Crippen LogP contribution in [0.15, 0.2) is 53.3 Å². The number of hydrogen-bond donors (Lipinski definition) is 0. The zero-order valence-corrected chi connectivity index (χ0v) is 14.1. The average Bonchev–Trinajstić information content (AvgIpc) is 3.17. The summed E-state index contributed by atoms with van der Waals surface area (Å²) >= 11 is 0. The van der Waals surface area contributed by atoms with E-state index in [1.807, 2.05) is 13.8 Å². The summed E-state index contributed by atoms with van der Waals surface area (Å²) in [7, 11) is 0. The van der Waals surface area contributed by atoms with Gasteiger partial charge in [-0.15, -0.1) is 10.2 Å². The molecule has 0 amide bonds. The first-order valence-corrected chi connectivity index (χ1v) is 7.94. The minimum absolute atomic E-state index is 0.404. The van der Waals surface area contributed by atoms with Crippen LogP contribution in [-0.2, 0) is 0 Å². The Labute approximate surface area is 148 Å². The van der Waals surface area contributed by atoms with Crippen LogP contribution in [0.25, 0.3) is 22.5 Å². The quantitative estimate of drug-likeness (QED) is 0.414. The van der Waals surface area contributed by atoms with Gasteiger partial charge < -0.3 is 9.15 Å². The number of ether oxygens (including phenoxy) is 1. The third-order valence-corrected chi connectivity index (χ3v) is 3.98. The van der Waals surface area contributed by atoms with Crippen molar-refractivity contribution in [3.8, 4) is 17.2 Å². The predicted molar refractivity (Wildman–Crippen MR) is 93.7 cm³/mol. The number of aromatic nitrogens is 4. The Balaban J connectivity index is 1.56. The van der Waals surface area contributed by atoms with E-state index in [9.17, 15) is 4.79 Å². The van der Waals surface area contributed by atoms with E-state index < -0.39 is 5.97 Å². The summed E-state index contributed by atoms with van der Waals surface area (Å²) in [6.07, 6.45) is 1.26. The molecule has 0 saturated heterocycles. The predicted octanol–water partition coefficient (Wildman–Crippen LogP) is 3.52. The lowest BCUT2D eigenvalue weighted by Gasteiger charge is -2.07. The second-order valence-corrected chi connectivity index (χ2v) is 5.76. The van der Waals surface area contributed by atoms with Crippen LogP contribution < -0.4 is 4.74 Å². The summed E-state index contributed by atoms with van der Waals surface area (Å²) in [5.41, 5.74) is 4.27. The molecular weight excluding hydrogens is 332 g/mol. The topological polar surface area (TPSA) is 91.0 Å². The Morgan fingerprint density at radius 3 is 2.38 bits per heavy atom. The summed E-state index contributed by atoms with van der Waals surface area (Å²) < 4.78 is 10.5. The van der Waals surface area contributed by atoms with Gasteiger partial charge in [0.15, 0.2) is 0 Å². The SMILES string of the molecule is Cc1nc2ccc(C(=O)Oc3ccc(-c4nnco4)cc3)cc2nc1C. The van der Waals surface area contributed by atoms with E-state index in [1.54, 1.807) is 42.5 Å². The van der Waals surface area contributed by atoms with Crippen LogP contribution in [0.3, 0.4) is 0 Å². The molecule has 26 heavy (non-hydrogen) atoms.